The molecule has 9 heteroatoms. The van der Waals surface area contributed by atoms with E-state index in [9.17, 15) is 9.59 Å². The van der Waals surface area contributed by atoms with Crippen LogP contribution in [-0.4, -0.2) is 25.5 Å². The molecule has 39 heavy (non-hydrogen) atoms. The van der Waals surface area contributed by atoms with Crippen LogP contribution >= 0.6 is 11.3 Å². The molecule has 0 saturated heterocycles. The number of thiazole rings is 1. The first-order valence-corrected chi connectivity index (χ1v) is 13.1. The fourth-order valence-electron chi connectivity index (χ4n) is 4.55. The topological polar surface area (TPSA) is 102 Å². The summed E-state index contributed by atoms with van der Waals surface area (Å²) in [5.74, 6) is 6.17. The molecule has 0 saturated carbocycles. The lowest BCUT2D eigenvalue weighted by Gasteiger charge is -2.18. The maximum absolute atomic E-state index is 14.1. The van der Waals surface area contributed by atoms with E-state index in [1.807, 2.05) is 30.3 Å². The molecule has 190 valence electrons. The SMILES string of the molecule is Cc1nn2cccnc2c1C(=O)NC(C)c1oc2cccc(C#Cc3cncs3)c2c(=O)c1-c1ccccc1. The molecular weight excluding hydrogens is 510 g/mol. The highest BCUT2D eigenvalue weighted by Crippen LogP contribution is 2.30. The number of carbonyl (C=O) groups is 1. The molecule has 0 fully saturated rings. The van der Waals surface area contributed by atoms with Gasteiger partial charge in [0.05, 0.1) is 39.3 Å². The number of rotatable bonds is 4. The van der Waals surface area contributed by atoms with E-state index in [-0.39, 0.29) is 11.3 Å². The van der Waals surface area contributed by atoms with Crippen molar-refractivity contribution in [1.82, 2.24) is 24.9 Å². The van der Waals surface area contributed by atoms with Crippen LogP contribution < -0.4 is 10.7 Å². The maximum atomic E-state index is 14.1. The van der Waals surface area contributed by atoms with Crippen molar-refractivity contribution in [3.8, 4) is 23.0 Å². The minimum atomic E-state index is -0.644. The van der Waals surface area contributed by atoms with E-state index in [4.69, 9.17) is 4.42 Å². The van der Waals surface area contributed by atoms with Gasteiger partial charge in [0.1, 0.15) is 16.9 Å². The number of fused-ring (bicyclic) bond motifs is 2. The van der Waals surface area contributed by atoms with Gasteiger partial charge < -0.3 is 9.73 Å². The Balaban J connectivity index is 1.48. The molecular formula is C30H21N5O3S. The van der Waals surface area contributed by atoms with E-state index < -0.39 is 6.04 Å². The summed E-state index contributed by atoms with van der Waals surface area (Å²) in [4.78, 5) is 36.7. The zero-order valence-corrected chi connectivity index (χ0v) is 21.8. The second-order valence-corrected chi connectivity index (χ2v) is 9.76. The fourth-order valence-corrected chi connectivity index (χ4v) is 5.01. The van der Waals surface area contributed by atoms with Gasteiger partial charge >= 0.3 is 0 Å². The van der Waals surface area contributed by atoms with Crippen LogP contribution in [0.5, 0.6) is 0 Å². The molecule has 0 bridgehead atoms. The van der Waals surface area contributed by atoms with Crippen molar-refractivity contribution < 1.29 is 9.21 Å². The van der Waals surface area contributed by atoms with Crippen LogP contribution in [0.4, 0.5) is 0 Å². The Morgan fingerprint density at radius 3 is 2.74 bits per heavy atom. The van der Waals surface area contributed by atoms with Crippen molar-refractivity contribution in [3.63, 3.8) is 0 Å². The van der Waals surface area contributed by atoms with E-state index in [1.165, 1.54) is 11.3 Å². The summed E-state index contributed by atoms with van der Waals surface area (Å²) in [6.45, 7) is 3.55. The van der Waals surface area contributed by atoms with Crippen LogP contribution in [0, 0.1) is 18.8 Å². The molecule has 2 aromatic carbocycles. The summed E-state index contributed by atoms with van der Waals surface area (Å²) in [6, 6.07) is 15.7. The van der Waals surface area contributed by atoms with Gasteiger partial charge in [-0.05, 0) is 43.5 Å². The Morgan fingerprint density at radius 2 is 1.95 bits per heavy atom. The van der Waals surface area contributed by atoms with E-state index in [2.05, 4.69) is 32.2 Å². The third-order valence-electron chi connectivity index (χ3n) is 6.30. The van der Waals surface area contributed by atoms with Crippen LogP contribution in [0.1, 0.15) is 45.2 Å². The molecule has 0 spiro atoms. The van der Waals surface area contributed by atoms with Gasteiger partial charge in [-0.3, -0.25) is 14.6 Å². The number of carbonyl (C=O) groups excluding carboxylic acids is 1. The van der Waals surface area contributed by atoms with Crippen molar-refractivity contribution in [2.45, 2.75) is 19.9 Å². The van der Waals surface area contributed by atoms with Crippen LogP contribution in [0.25, 0.3) is 27.7 Å². The number of hydrogen-bond acceptors (Lipinski definition) is 7. The lowest BCUT2D eigenvalue weighted by atomic mass is 9.97. The molecule has 0 aliphatic carbocycles. The molecule has 6 rings (SSSR count). The van der Waals surface area contributed by atoms with Gasteiger partial charge in [0.15, 0.2) is 5.65 Å². The molecule has 1 amide bonds. The molecule has 0 aliphatic heterocycles. The van der Waals surface area contributed by atoms with Gasteiger partial charge in [0.25, 0.3) is 5.91 Å². The van der Waals surface area contributed by atoms with Gasteiger partial charge in [-0.25, -0.2) is 9.50 Å². The quantitative estimate of drug-likeness (QED) is 0.315. The molecule has 4 aromatic heterocycles. The number of aryl methyl sites for hydroxylation is 1. The van der Waals surface area contributed by atoms with Gasteiger partial charge in [-0.15, -0.1) is 11.3 Å². The van der Waals surface area contributed by atoms with E-state index in [0.29, 0.717) is 50.3 Å². The average molecular weight is 532 g/mol. The van der Waals surface area contributed by atoms with Crippen molar-refractivity contribution >= 4 is 33.9 Å². The monoisotopic (exact) mass is 531 g/mol. The molecule has 0 aliphatic rings. The molecule has 6 aromatic rings. The minimum absolute atomic E-state index is 0.221. The van der Waals surface area contributed by atoms with Crippen molar-refractivity contribution in [2.75, 3.05) is 0 Å². The van der Waals surface area contributed by atoms with E-state index in [0.717, 1.165) is 4.88 Å². The molecule has 8 nitrogen and oxygen atoms in total. The van der Waals surface area contributed by atoms with Gasteiger partial charge in [0.2, 0.25) is 5.43 Å². The summed E-state index contributed by atoms with van der Waals surface area (Å²) in [7, 11) is 0. The zero-order valence-electron chi connectivity index (χ0n) is 21.0. The van der Waals surface area contributed by atoms with Gasteiger partial charge in [-0.1, -0.05) is 42.3 Å². The molecule has 0 radical (unpaired) electrons. The Kier molecular flexibility index (Phi) is 6.23. The van der Waals surface area contributed by atoms with Gasteiger partial charge in [0, 0.05) is 18.0 Å². The highest BCUT2D eigenvalue weighted by Gasteiger charge is 2.26. The summed E-state index contributed by atoms with van der Waals surface area (Å²) in [5, 5.41) is 7.76. The summed E-state index contributed by atoms with van der Waals surface area (Å²) in [6.07, 6.45) is 5.03. The first-order chi connectivity index (χ1) is 19.0. The summed E-state index contributed by atoms with van der Waals surface area (Å²) >= 11 is 1.43. The molecule has 4 heterocycles. The van der Waals surface area contributed by atoms with E-state index in [1.54, 1.807) is 66.7 Å². The first-order valence-electron chi connectivity index (χ1n) is 12.2. The normalized spacial score (nSPS) is 11.7. The Morgan fingerprint density at radius 1 is 1.10 bits per heavy atom. The number of benzene rings is 2. The Hall–Kier alpha value is -5.07. The van der Waals surface area contributed by atoms with Crippen molar-refractivity contribution in [2.24, 2.45) is 0 Å². The lowest BCUT2D eigenvalue weighted by Crippen LogP contribution is -2.28. The third kappa shape index (κ3) is 4.47. The number of nitrogens with one attached hydrogen (secondary N) is 1. The third-order valence-corrected chi connectivity index (χ3v) is 6.99. The second-order valence-electron chi connectivity index (χ2n) is 8.87. The molecule has 1 N–H and O–H groups in total. The largest absolute Gasteiger partial charge is 0.458 e. The van der Waals surface area contributed by atoms with Crippen LogP contribution in [0.15, 0.2) is 87.9 Å². The smallest absolute Gasteiger partial charge is 0.257 e. The van der Waals surface area contributed by atoms with Crippen LogP contribution in [-0.2, 0) is 0 Å². The summed E-state index contributed by atoms with van der Waals surface area (Å²) in [5.41, 5.74) is 4.86. The maximum Gasteiger partial charge on any atom is 0.257 e. The lowest BCUT2D eigenvalue weighted by molar-refractivity contribution is 0.0936. The van der Waals surface area contributed by atoms with Gasteiger partial charge in [-0.2, -0.15) is 5.10 Å². The number of aromatic nitrogens is 4. The number of nitrogens with zero attached hydrogens (tertiary/aromatic N) is 4. The van der Waals surface area contributed by atoms with Crippen LogP contribution in [0.3, 0.4) is 0 Å². The number of hydrogen-bond donors (Lipinski definition) is 1. The van der Waals surface area contributed by atoms with E-state index >= 15 is 0 Å². The standard InChI is InChI=1S/C30H21N5O3S/c1-18-24(29-32-14-7-15-35(29)34-18)30(37)33-19(2)28-26(20-8-4-3-5-9-20)27(36)25-21(10-6-11-23(25)38-28)12-13-22-16-31-17-39-22/h3-11,14-17,19H,1-2H3,(H,33,37). The van der Waals surface area contributed by atoms with Crippen LogP contribution in [0.2, 0.25) is 0 Å². The highest BCUT2D eigenvalue weighted by atomic mass is 32.1. The Labute approximate surface area is 227 Å². The highest BCUT2D eigenvalue weighted by molar-refractivity contribution is 7.10. The minimum Gasteiger partial charge on any atom is -0.458 e. The second kappa shape index (κ2) is 10.0. The van der Waals surface area contributed by atoms with Crippen molar-refractivity contribution in [1.29, 1.82) is 0 Å². The predicted octanol–water partition coefficient (Wildman–Crippen LogP) is 5.16. The zero-order chi connectivity index (χ0) is 26.9. The molecule has 1 atom stereocenters. The molecule has 1 unspecified atom stereocenters. The number of amides is 1. The van der Waals surface area contributed by atoms with Crippen molar-refractivity contribution in [3.05, 3.63) is 116 Å². The first kappa shape index (κ1) is 24.3. The summed E-state index contributed by atoms with van der Waals surface area (Å²) < 4.78 is 7.94. The Bertz CT molecular complexity index is 1970. The fraction of sp³-hybridized carbons (Fsp3) is 0.100. The predicted molar refractivity (Wildman–Crippen MR) is 150 cm³/mol. The average Bonchev–Trinajstić information content (AvgIpc) is 3.59.